The van der Waals surface area contributed by atoms with Gasteiger partial charge in [-0.3, -0.25) is 9.59 Å². The van der Waals surface area contributed by atoms with Crippen LogP contribution in [0.3, 0.4) is 0 Å². The topological polar surface area (TPSA) is 98.8 Å². The van der Waals surface area contributed by atoms with Crippen molar-refractivity contribution in [2.45, 2.75) is 13.8 Å². The first-order valence-electron chi connectivity index (χ1n) is 10.2. The van der Waals surface area contributed by atoms with Gasteiger partial charge in [-0.1, -0.05) is 35.9 Å². The lowest BCUT2D eigenvalue weighted by atomic mass is 9.94. The predicted molar refractivity (Wildman–Crippen MR) is 122 cm³/mol. The molecule has 3 aromatic carbocycles. The number of benzene rings is 3. The Hall–Kier alpha value is -4.26. The number of ether oxygens (including phenoxy) is 2. The molecule has 0 aliphatic heterocycles. The summed E-state index contributed by atoms with van der Waals surface area (Å²) in [4.78, 5) is 49.4. The number of anilines is 1. The second-order valence-corrected chi connectivity index (χ2v) is 7.39. The third-order valence-corrected chi connectivity index (χ3v) is 4.95. The van der Waals surface area contributed by atoms with Crippen LogP contribution in [0.4, 0.5) is 5.69 Å². The van der Waals surface area contributed by atoms with Gasteiger partial charge in [0.25, 0.3) is 5.91 Å². The number of amides is 1. The summed E-state index contributed by atoms with van der Waals surface area (Å²) in [6.45, 7) is 3.18. The Labute approximate surface area is 191 Å². The number of carbonyl (C=O) groups excluding carboxylic acids is 4. The Kier molecular flexibility index (Phi) is 7.35. The molecule has 168 valence electrons. The molecule has 0 aliphatic carbocycles. The van der Waals surface area contributed by atoms with E-state index in [4.69, 9.17) is 4.74 Å². The lowest BCUT2D eigenvalue weighted by Crippen LogP contribution is -2.22. The van der Waals surface area contributed by atoms with E-state index in [2.05, 4.69) is 10.1 Å². The van der Waals surface area contributed by atoms with Crippen LogP contribution in [0.5, 0.6) is 0 Å². The van der Waals surface area contributed by atoms with Gasteiger partial charge in [0.05, 0.1) is 18.2 Å². The van der Waals surface area contributed by atoms with Crippen LogP contribution in [0.25, 0.3) is 0 Å². The molecular weight excluding hydrogens is 422 g/mol. The molecule has 7 heteroatoms. The van der Waals surface area contributed by atoms with Crippen molar-refractivity contribution in [2.75, 3.05) is 19.0 Å². The van der Waals surface area contributed by atoms with E-state index in [0.717, 1.165) is 11.1 Å². The van der Waals surface area contributed by atoms with E-state index in [1.54, 1.807) is 24.3 Å². The summed E-state index contributed by atoms with van der Waals surface area (Å²) in [7, 11) is 1.28. The van der Waals surface area contributed by atoms with Gasteiger partial charge < -0.3 is 14.8 Å². The van der Waals surface area contributed by atoms with Crippen molar-refractivity contribution in [3.63, 3.8) is 0 Å². The minimum atomic E-state index is -0.777. The van der Waals surface area contributed by atoms with Crippen LogP contribution in [0.15, 0.2) is 66.7 Å². The Morgan fingerprint density at radius 3 is 2.12 bits per heavy atom. The van der Waals surface area contributed by atoms with Crippen LogP contribution >= 0.6 is 0 Å². The van der Waals surface area contributed by atoms with Crippen LogP contribution in [-0.2, 0) is 14.3 Å². The first kappa shape index (κ1) is 23.4. The summed E-state index contributed by atoms with van der Waals surface area (Å²) in [5, 5.41) is 2.57. The standard InChI is InChI=1S/C26H23NO6/c1-16-8-9-17(2)22(14-16)24(29)20-6-4-5-7-21(20)26(31)33-15-23(28)27-19-12-10-18(11-13-19)25(30)32-3/h4-14H,15H2,1-3H3,(H,27,28). The maximum Gasteiger partial charge on any atom is 0.339 e. The van der Waals surface area contributed by atoms with Crippen molar-refractivity contribution in [2.24, 2.45) is 0 Å². The van der Waals surface area contributed by atoms with Crippen LogP contribution in [0, 0.1) is 13.8 Å². The fourth-order valence-corrected chi connectivity index (χ4v) is 3.20. The highest BCUT2D eigenvalue weighted by Crippen LogP contribution is 2.20. The zero-order chi connectivity index (χ0) is 24.0. The third kappa shape index (κ3) is 5.71. The summed E-state index contributed by atoms with van der Waals surface area (Å²) in [6.07, 6.45) is 0. The lowest BCUT2D eigenvalue weighted by Gasteiger charge is -2.11. The van der Waals surface area contributed by atoms with E-state index in [-0.39, 0.29) is 16.9 Å². The number of hydrogen-bond acceptors (Lipinski definition) is 6. The summed E-state index contributed by atoms with van der Waals surface area (Å²) in [6, 6.07) is 17.9. The average Bonchev–Trinajstić information content (AvgIpc) is 2.83. The molecule has 0 heterocycles. The number of nitrogens with one attached hydrogen (secondary N) is 1. The normalized spacial score (nSPS) is 10.3. The highest BCUT2D eigenvalue weighted by molar-refractivity contribution is 6.15. The first-order valence-corrected chi connectivity index (χ1v) is 10.2. The molecule has 0 fully saturated rings. The van der Waals surface area contributed by atoms with Crippen molar-refractivity contribution in [3.8, 4) is 0 Å². The van der Waals surface area contributed by atoms with Gasteiger partial charge in [0, 0.05) is 16.8 Å². The van der Waals surface area contributed by atoms with Gasteiger partial charge in [0.2, 0.25) is 0 Å². The molecule has 3 rings (SSSR count). The van der Waals surface area contributed by atoms with Crippen molar-refractivity contribution < 1.29 is 28.7 Å². The molecule has 0 saturated heterocycles. The minimum absolute atomic E-state index is 0.0821. The molecule has 0 aliphatic rings. The quantitative estimate of drug-likeness (QED) is 0.434. The van der Waals surface area contributed by atoms with Gasteiger partial charge in [-0.2, -0.15) is 0 Å². The molecule has 0 unspecified atom stereocenters. The SMILES string of the molecule is COC(=O)c1ccc(NC(=O)COC(=O)c2ccccc2C(=O)c2cc(C)ccc2C)cc1. The van der Waals surface area contributed by atoms with E-state index < -0.39 is 24.5 Å². The van der Waals surface area contributed by atoms with Gasteiger partial charge in [0.1, 0.15) is 0 Å². The van der Waals surface area contributed by atoms with Crippen LogP contribution in [0.1, 0.15) is 47.8 Å². The minimum Gasteiger partial charge on any atom is -0.465 e. The zero-order valence-corrected chi connectivity index (χ0v) is 18.5. The number of methoxy groups -OCH3 is 1. The summed E-state index contributed by atoms with van der Waals surface area (Å²) >= 11 is 0. The van der Waals surface area contributed by atoms with Gasteiger partial charge in [-0.25, -0.2) is 9.59 Å². The molecule has 3 aromatic rings. The molecule has 1 N–H and O–H groups in total. The van der Waals surface area contributed by atoms with E-state index >= 15 is 0 Å². The number of esters is 2. The number of carbonyl (C=O) groups is 4. The number of hydrogen-bond donors (Lipinski definition) is 1. The molecule has 0 bridgehead atoms. The molecule has 0 saturated carbocycles. The van der Waals surface area contributed by atoms with Crippen LogP contribution in [0.2, 0.25) is 0 Å². The molecule has 7 nitrogen and oxygen atoms in total. The fourth-order valence-electron chi connectivity index (χ4n) is 3.20. The fraction of sp³-hybridized carbons (Fsp3) is 0.154. The highest BCUT2D eigenvalue weighted by atomic mass is 16.5. The van der Waals surface area contributed by atoms with E-state index in [1.807, 2.05) is 26.0 Å². The molecule has 0 aromatic heterocycles. The van der Waals surface area contributed by atoms with Crippen molar-refractivity contribution in [3.05, 3.63) is 100 Å². The van der Waals surface area contributed by atoms with Crippen molar-refractivity contribution in [1.82, 2.24) is 0 Å². The average molecular weight is 445 g/mol. The maximum atomic E-state index is 13.1. The van der Waals surface area contributed by atoms with Gasteiger partial charge >= 0.3 is 11.9 Å². The number of aryl methyl sites for hydroxylation is 2. The third-order valence-electron chi connectivity index (χ3n) is 4.95. The summed E-state index contributed by atoms with van der Waals surface area (Å²) < 4.78 is 9.77. The van der Waals surface area contributed by atoms with Gasteiger partial charge in [-0.15, -0.1) is 0 Å². The molecule has 33 heavy (non-hydrogen) atoms. The van der Waals surface area contributed by atoms with Crippen LogP contribution < -0.4 is 5.32 Å². The summed E-state index contributed by atoms with van der Waals surface area (Å²) in [5.74, 6) is -2.12. The van der Waals surface area contributed by atoms with Crippen molar-refractivity contribution >= 4 is 29.3 Å². The molecule has 0 atom stereocenters. The highest BCUT2D eigenvalue weighted by Gasteiger charge is 2.21. The van der Waals surface area contributed by atoms with Crippen LogP contribution in [-0.4, -0.2) is 37.3 Å². The first-order chi connectivity index (χ1) is 15.8. The molecular formula is C26H23NO6. The number of ketones is 1. The lowest BCUT2D eigenvalue weighted by molar-refractivity contribution is -0.119. The van der Waals surface area contributed by atoms with E-state index in [0.29, 0.717) is 16.8 Å². The van der Waals surface area contributed by atoms with E-state index in [1.165, 1.54) is 37.4 Å². The Morgan fingerprint density at radius 2 is 1.45 bits per heavy atom. The zero-order valence-electron chi connectivity index (χ0n) is 18.5. The smallest absolute Gasteiger partial charge is 0.339 e. The van der Waals surface area contributed by atoms with Gasteiger partial charge in [0.15, 0.2) is 12.4 Å². The molecule has 0 spiro atoms. The second-order valence-electron chi connectivity index (χ2n) is 7.39. The van der Waals surface area contributed by atoms with Crippen molar-refractivity contribution in [1.29, 1.82) is 0 Å². The predicted octanol–water partition coefficient (Wildman–Crippen LogP) is 4.12. The van der Waals surface area contributed by atoms with E-state index in [9.17, 15) is 19.2 Å². The number of rotatable bonds is 7. The van der Waals surface area contributed by atoms with Gasteiger partial charge in [-0.05, 0) is 55.8 Å². The maximum absolute atomic E-state index is 13.1. The molecule has 1 amide bonds. The largest absolute Gasteiger partial charge is 0.465 e. The Balaban J connectivity index is 1.67. The second kappa shape index (κ2) is 10.4. The molecule has 0 radical (unpaired) electrons. The monoisotopic (exact) mass is 445 g/mol. The summed E-state index contributed by atoms with van der Waals surface area (Å²) in [5.41, 5.74) is 3.28. The Bertz CT molecular complexity index is 1210. The Morgan fingerprint density at radius 1 is 0.788 bits per heavy atom.